The van der Waals surface area contributed by atoms with Gasteiger partial charge in [0.2, 0.25) is 6.79 Å². The van der Waals surface area contributed by atoms with Gasteiger partial charge in [-0.15, -0.1) is 0 Å². The first-order chi connectivity index (χ1) is 10.2. The molecule has 4 nitrogen and oxygen atoms in total. The average Bonchev–Trinajstić information content (AvgIpc) is 2.93. The van der Waals surface area contributed by atoms with E-state index in [-0.39, 0.29) is 6.10 Å². The molecule has 0 amide bonds. The number of anilines is 1. The van der Waals surface area contributed by atoms with Crippen molar-refractivity contribution in [2.24, 2.45) is 0 Å². The molecule has 1 aliphatic rings. The molecule has 0 spiro atoms. The van der Waals surface area contributed by atoms with Crippen molar-refractivity contribution in [3.05, 3.63) is 48.0 Å². The number of ether oxygens (including phenoxy) is 3. The van der Waals surface area contributed by atoms with Gasteiger partial charge in [0.15, 0.2) is 11.5 Å². The molecular weight excluding hydrogens is 266 g/mol. The fourth-order valence-electron chi connectivity index (χ4n) is 2.17. The van der Waals surface area contributed by atoms with Crippen LogP contribution < -0.4 is 19.5 Å². The third kappa shape index (κ3) is 3.40. The Morgan fingerprint density at radius 3 is 2.57 bits per heavy atom. The summed E-state index contributed by atoms with van der Waals surface area (Å²) in [6, 6.07) is 14.0. The van der Waals surface area contributed by atoms with E-state index in [0.717, 1.165) is 29.5 Å². The van der Waals surface area contributed by atoms with Gasteiger partial charge in [-0.05, 0) is 43.7 Å². The van der Waals surface area contributed by atoms with Gasteiger partial charge in [0, 0.05) is 18.3 Å². The molecule has 3 rings (SSSR count). The summed E-state index contributed by atoms with van der Waals surface area (Å²) in [5, 5.41) is 3.37. The van der Waals surface area contributed by atoms with E-state index >= 15 is 0 Å². The highest BCUT2D eigenvalue weighted by molar-refractivity contribution is 5.55. The number of nitrogens with one attached hydrogen (secondary N) is 1. The number of rotatable bonds is 5. The zero-order valence-electron chi connectivity index (χ0n) is 12.3. The fourth-order valence-corrected chi connectivity index (χ4v) is 2.17. The van der Waals surface area contributed by atoms with E-state index < -0.39 is 0 Å². The highest BCUT2D eigenvalue weighted by Crippen LogP contribution is 2.34. The molecule has 1 aliphatic heterocycles. The third-order valence-electron chi connectivity index (χ3n) is 3.16. The summed E-state index contributed by atoms with van der Waals surface area (Å²) in [4.78, 5) is 0. The first-order valence-corrected chi connectivity index (χ1v) is 7.10. The van der Waals surface area contributed by atoms with Crippen LogP contribution in [0.5, 0.6) is 17.2 Å². The van der Waals surface area contributed by atoms with E-state index in [2.05, 4.69) is 17.4 Å². The van der Waals surface area contributed by atoms with Crippen LogP contribution in [-0.2, 0) is 6.54 Å². The van der Waals surface area contributed by atoms with Crippen LogP contribution >= 0.6 is 0 Å². The molecule has 2 aromatic rings. The van der Waals surface area contributed by atoms with Crippen LogP contribution in [0.4, 0.5) is 5.69 Å². The first-order valence-electron chi connectivity index (χ1n) is 7.10. The molecule has 0 saturated carbocycles. The average molecular weight is 285 g/mol. The summed E-state index contributed by atoms with van der Waals surface area (Å²) in [6.07, 6.45) is 0.197. The van der Waals surface area contributed by atoms with Crippen LogP contribution in [0, 0.1) is 0 Å². The number of fused-ring (bicyclic) bond motifs is 1. The van der Waals surface area contributed by atoms with Gasteiger partial charge in [-0.1, -0.05) is 12.1 Å². The Morgan fingerprint density at radius 2 is 1.81 bits per heavy atom. The van der Waals surface area contributed by atoms with E-state index in [1.165, 1.54) is 5.56 Å². The molecule has 21 heavy (non-hydrogen) atoms. The second-order valence-electron chi connectivity index (χ2n) is 5.23. The van der Waals surface area contributed by atoms with Crippen molar-refractivity contribution >= 4 is 5.69 Å². The molecule has 0 saturated heterocycles. The summed E-state index contributed by atoms with van der Waals surface area (Å²) < 4.78 is 16.3. The van der Waals surface area contributed by atoms with E-state index in [0.29, 0.717) is 6.79 Å². The minimum Gasteiger partial charge on any atom is -0.491 e. The summed E-state index contributed by atoms with van der Waals surface area (Å²) in [5.41, 5.74) is 2.21. The van der Waals surface area contributed by atoms with E-state index in [9.17, 15) is 0 Å². The monoisotopic (exact) mass is 285 g/mol. The minimum atomic E-state index is 0.197. The minimum absolute atomic E-state index is 0.197. The van der Waals surface area contributed by atoms with Crippen LogP contribution in [0.15, 0.2) is 42.5 Å². The van der Waals surface area contributed by atoms with Crippen molar-refractivity contribution in [1.29, 1.82) is 0 Å². The van der Waals surface area contributed by atoms with E-state index in [1.54, 1.807) is 0 Å². The second-order valence-corrected chi connectivity index (χ2v) is 5.23. The third-order valence-corrected chi connectivity index (χ3v) is 3.16. The molecule has 0 atom stereocenters. The molecule has 1 N–H and O–H groups in total. The maximum atomic E-state index is 5.63. The number of benzene rings is 2. The zero-order valence-corrected chi connectivity index (χ0v) is 12.3. The SMILES string of the molecule is CC(C)Oc1ccc(CNc2ccc3c(c2)OCO3)cc1. The molecular formula is C17H19NO3. The van der Waals surface area contributed by atoms with E-state index in [4.69, 9.17) is 14.2 Å². The summed E-state index contributed by atoms with van der Waals surface area (Å²) in [7, 11) is 0. The molecule has 0 unspecified atom stereocenters. The van der Waals surface area contributed by atoms with Gasteiger partial charge in [0.1, 0.15) is 5.75 Å². The fraction of sp³-hybridized carbons (Fsp3) is 0.294. The van der Waals surface area contributed by atoms with Gasteiger partial charge in [0.25, 0.3) is 0 Å². The number of hydrogen-bond acceptors (Lipinski definition) is 4. The lowest BCUT2D eigenvalue weighted by Crippen LogP contribution is -2.05. The molecule has 0 radical (unpaired) electrons. The van der Waals surface area contributed by atoms with Gasteiger partial charge in [-0.25, -0.2) is 0 Å². The Labute approximate surface area is 124 Å². The second kappa shape index (κ2) is 5.95. The maximum absolute atomic E-state index is 5.63. The highest BCUT2D eigenvalue weighted by atomic mass is 16.7. The summed E-state index contributed by atoms with van der Waals surface area (Å²) >= 11 is 0. The molecule has 0 aliphatic carbocycles. The molecule has 4 heteroatoms. The van der Waals surface area contributed by atoms with Crippen molar-refractivity contribution in [3.63, 3.8) is 0 Å². The predicted molar refractivity (Wildman–Crippen MR) is 82.1 cm³/mol. The Morgan fingerprint density at radius 1 is 1.05 bits per heavy atom. The van der Waals surface area contributed by atoms with Crippen LogP contribution in [0.2, 0.25) is 0 Å². The molecule has 0 bridgehead atoms. The lowest BCUT2D eigenvalue weighted by atomic mass is 10.2. The topological polar surface area (TPSA) is 39.7 Å². The summed E-state index contributed by atoms with van der Waals surface area (Å²) in [6.45, 7) is 5.10. The smallest absolute Gasteiger partial charge is 0.231 e. The van der Waals surface area contributed by atoms with Crippen LogP contribution in [0.3, 0.4) is 0 Å². The van der Waals surface area contributed by atoms with Crippen molar-refractivity contribution in [2.45, 2.75) is 26.5 Å². The largest absolute Gasteiger partial charge is 0.491 e. The van der Waals surface area contributed by atoms with Crippen LogP contribution in [0.25, 0.3) is 0 Å². The lowest BCUT2D eigenvalue weighted by Gasteiger charge is -2.11. The quantitative estimate of drug-likeness (QED) is 0.906. The van der Waals surface area contributed by atoms with Crippen molar-refractivity contribution in [1.82, 2.24) is 0 Å². The standard InChI is InChI=1S/C17H19NO3/c1-12(2)21-15-6-3-13(4-7-15)10-18-14-5-8-16-17(9-14)20-11-19-16/h3-9,12,18H,10-11H2,1-2H3. The number of hydrogen-bond donors (Lipinski definition) is 1. The van der Waals surface area contributed by atoms with Gasteiger partial charge in [-0.3, -0.25) is 0 Å². The van der Waals surface area contributed by atoms with Crippen LogP contribution in [-0.4, -0.2) is 12.9 Å². The van der Waals surface area contributed by atoms with Crippen molar-refractivity contribution in [3.8, 4) is 17.2 Å². The highest BCUT2D eigenvalue weighted by Gasteiger charge is 2.12. The summed E-state index contributed by atoms with van der Waals surface area (Å²) in [5.74, 6) is 2.49. The van der Waals surface area contributed by atoms with Crippen LogP contribution in [0.1, 0.15) is 19.4 Å². The lowest BCUT2D eigenvalue weighted by molar-refractivity contribution is 0.174. The normalized spacial score (nSPS) is 12.5. The predicted octanol–water partition coefficient (Wildman–Crippen LogP) is 3.81. The molecule has 0 fully saturated rings. The molecule has 0 aromatic heterocycles. The van der Waals surface area contributed by atoms with Gasteiger partial charge in [-0.2, -0.15) is 0 Å². The zero-order chi connectivity index (χ0) is 14.7. The molecule has 1 heterocycles. The Kier molecular flexibility index (Phi) is 3.86. The maximum Gasteiger partial charge on any atom is 0.231 e. The van der Waals surface area contributed by atoms with Gasteiger partial charge >= 0.3 is 0 Å². The Bertz CT molecular complexity index is 608. The van der Waals surface area contributed by atoms with Gasteiger partial charge < -0.3 is 19.5 Å². The Hall–Kier alpha value is -2.36. The Balaban J connectivity index is 1.59. The van der Waals surface area contributed by atoms with Gasteiger partial charge in [0.05, 0.1) is 6.10 Å². The van der Waals surface area contributed by atoms with Crippen molar-refractivity contribution < 1.29 is 14.2 Å². The van der Waals surface area contributed by atoms with E-state index in [1.807, 2.05) is 44.2 Å². The molecule has 2 aromatic carbocycles. The molecule has 110 valence electrons. The van der Waals surface area contributed by atoms with Crippen molar-refractivity contribution in [2.75, 3.05) is 12.1 Å². The first kappa shape index (κ1) is 13.6.